The highest BCUT2D eigenvalue weighted by molar-refractivity contribution is 7.16. The first-order chi connectivity index (χ1) is 12.5. The van der Waals surface area contributed by atoms with Crippen LogP contribution >= 0.6 is 11.3 Å². The Morgan fingerprint density at radius 1 is 1.04 bits per heavy atom. The molecule has 7 heteroatoms. The summed E-state index contributed by atoms with van der Waals surface area (Å²) in [6.45, 7) is 1.89. The van der Waals surface area contributed by atoms with E-state index in [-0.39, 0.29) is 11.7 Å². The first-order valence-corrected chi connectivity index (χ1v) is 8.52. The van der Waals surface area contributed by atoms with E-state index in [1.54, 1.807) is 24.3 Å². The van der Waals surface area contributed by atoms with Crippen molar-refractivity contribution in [2.45, 2.75) is 6.92 Å². The molecule has 0 fully saturated rings. The van der Waals surface area contributed by atoms with Crippen LogP contribution in [-0.2, 0) is 4.74 Å². The Labute approximate surface area is 153 Å². The van der Waals surface area contributed by atoms with Crippen molar-refractivity contribution < 1.29 is 18.7 Å². The molecule has 1 heterocycles. The molecular formula is C19H15FN2O3S. The van der Waals surface area contributed by atoms with Crippen LogP contribution in [0.5, 0.6) is 0 Å². The molecule has 0 aliphatic heterocycles. The molecule has 3 rings (SSSR count). The predicted octanol–water partition coefficient (Wildman–Crippen LogP) is 4.30. The van der Waals surface area contributed by atoms with Crippen LogP contribution in [0.25, 0.3) is 11.3 Å². The average molecular weight is 370 g/mol. The summed E-state index contributed by atoms with van der Waals surface area (Å²) in [5, 5.41) is 3.19. The van der Waals surface area contributed by atoms with Crippen LogP contribution in [-0.4, -0.2) is 24.0 Å². The van der Waals surface area contributed by atoms with Gasteiger partial charge in [0.1, 0.15) is 5.82 Å². The number of hydrogen-bond donors (Lipinski definition) is 1. The number of ether oxygens (including phenoxy) is 1. The van der Waals surface area contributed by atoms with E-state index in [1.165, 1.54) is 42.7 Å². The lowest BCUT2D eigenvalue weighted by Gasteiger charge is -2.03. The van der Waals surface area contributed by atoms with E-state index in [0.717, 1.165) is 10.4 Å². The van der Waals surface area contributed by atoms with Crippen molar-refractivity contribution in [1.29, 1.82) is 0 Å². The summed E-state index contributed by atoms with van der Waals surface area (Å²) in [4.78, 5) is 29.1. The molecule has 3 aromatic rings. The van der Waals surface area contributed by atoms with Gasteiger partial charge in [0.25, 0.3) is 5.91 Å². The summed E-state index contributed by atoms with van der Waals surface area (Å²) in [6, 6.07) is 12.2. The number of aryl methyl sites for hydroxylation is 1. The van der Waals surface area contributed by atoms with Crippen LogP contribution in [0.1, 0.15) is 25.6 Å². The summed E-state index contributed by atoms with van der Waals surface area (Å²) in [5.41, 5.74) is 2.25. The number of nitrogens with one attached hydrogen (secondary N) is 1. The SMILES string of the molecule is COC(=O)c1ccc(C(=O)Nc2nc(-c3ccc(F)cc3)c(C)s2)cc1. The van der Waals surface area contributed by atoms with Gasteiger partial charge in [0.2, 0.25) is 0 Å². The van der Waals surface area contributed by atoms with Crippen molar-refractivity contribution in [2.24, 2.45) is 0 Å². The Balaban J connectivity index is 1.76. The quantitative estimate of drug-likeness (QED) is 0.696. The number of rotatable bonds is 4. The van der Waals surface area contributed by atoms with Gasteiger partial charge in [-0.15, -0.1) is 11.3 Å². The van der Waals surface area contributed by atoms with Gasteiger partial charge in [-0.25, -0.2) is 14.2 Å². The van der Waals surface area contributed by atoms with E-state index in [1.807, 2.05) is 6.92 Å². The minimum absolute atomic E-state index is 0.314. The molecule has 0 unspecified atom stereocenters. The minimum Gasteiger partial charge on any atom is -0.465 e. The second kappa shape index (κ2) is 7.45. The lowest BCUT2D eigenvalue weighted by molar-refractivity contribution is 0.0600. The standard InChI is InChI=1S/C19H15FN2O3S/c1-11-16(12-7-9-15(20)10-8-12)21-19(26-11)22-17(23)13-3-5-14(6-4-13)18(24)25-2/h3-10H,1-2H3,(H,21,22,23). The first-order valence-electron chi connectivity index (χ1n) is 7.71. The van der Waals surface area contributed by atoms with E-state index in [0.29, 0.717) is 22.0 Å². The zero-order valence-corrected chi connectivity index (χ0v) is 14.9. The van der Waals surface area contributed by atoms with Crippen molar-refractivity contribution >= 4 is 28.3 Å². The molecule has 1 amide bonds. The third kappa shape index (κ3) is 3.78. The molecule has 132 valence electrons. The molecule has 0 bridgehead atoms. The molecule has 1 aromatic heterocycles. The maximum absolute atomic E-state index is 13.1. The van der Waals surface area contributed by atoms with E-state index in [2.05, 4.69) is 15.0 Å². The maximum Gasteiger partial charge on any atom is 0.337 e. The minimum atomic E-state index is -0.462. The molecule has 0 spiro atoms. The monoisotopic (exact) mass is 370 g/mol. The number of anilines is 1. The molecule has 0 aliphatic carbocycles. The Morgan fingerprint density at radius 2 is 1.65 bits per heavy atom. The van der Waals surface area contributed by atoms with E-state index < -0.39 is 5.97 Å². The zero-order chi connectivity index (χ0) is 18.7. The van der Waals surface area contributed by atoms with Gasteiger partial charge >= 0.3 is 5.97 Å². The number of benzene rings is 2. The number of esters is 1. The number of carbonyl (C=O) groups is 2. The predicted molar refractivity (Wildman–Crippen MR) is 98.0 cm³/mol. The maximum atomic E-state index is 13.1. The highest BCUT2D eigenvalue weighted by Gasteiger charge is 2.14. The second-order valence-corrected chi connectivity index (χ2v) is 6.66. The largest absolute Gasteiger partial charge is 0.465 e. The molecular weight excluding hydrogens is 355 g/mol. The van der Waals surface area contributed by atoms with Crippen LogP contribution < -0.4 is 5.32 Å². The van der Waals surface area contributed by atoms with Gasteiger partial charge in [-0.1, -0.05) is 0 Å². The topological polar surface area (TPSA) is 68.3 Å². The summed E-state index contributed by atoms with van der Waals surface area (Å²) in [7, 11) is 1.30. The fourth-order valence-corrected chi connectivity index (χ4v) is 3.20. The number of amides is 1. The highest BCUT2D eigenvalue weighted by atomic mass is 32.1. The number of hydrogen-bond acceptors (Lipinski definition) is 5. The number of methoxy groups -OCH3 is 1. The van der Waals surface area contributed by atoms with Gasteiger partial charge < -0.3 is 4.74 Å². The Bertz CT molecular complexity index is 950. The summed E-state index contributed by atoms with van der Waals surface area (Å²) in [6.07, 6.45) is 0. The van der Waals surface area contributed by atoms with Crippen molar-refractivity contribution in [3.63, 3.8) is 0 Å². The number of nitrogens with zero attached hydrogens (tertiary/aromatic N) is 1. The van der Waals surface area contributed by atoms with Gasteiger partial charge in [0, 0.05) is 16.0 Å². The normalized spacial score (nSPS) is 10.4. The van der Waals surface area contributed by atoms with Crippen LogP contribution in [0.15, 0.2) is 48.5 Å². The van der Waals surface area contributed by atoms with E-state index in [4.69, 9.17) is 0 Å². The van der Waals surface area contributed by atoms with E-state index in [9.17, 15) is 14.0 Å². The lowest BCUT2D eigenvalue weighted by Crippen LogP contribution is -2.12. The van der Waals surface area contributed by atoms with Crippen LogP contribution in [0.2, 0.25) is 0 Å². The summed E-state index contributed by atoms with van der Waals surface area (Å²) in [5.74, 6) is -1.11. The molecule has 26 heavy (non-hydrogen) atoms. The third-order valence-electron chi connectivity index (χ3n) is 3.70. The first kappa shape index (κ1) is 17.8. The molecule has 2 aromatic carbocycles. The van der Waals surface area contributed by atoms with Gasteiger partial charge in [0.05, 0.1) is 18.4 Å². The Hall–Kier alpha value is -3.06. The number of thiazole rings is 1. The highest BCUT2D eigenvalue weighted by Crippen LogP contribution is 2.30. The van der Waals surface area contributed by atoms with Crippen molar-refractivity contribution in [3.05, 3.63) is 70.4 Å². The van der Waals surface area contributed by atoms with Gasteiger partial charge in [-0.05, 0) is 55.5 Å². The van der Waals surface area contributed by atoms with Crippen molar-refractivity contribution in [2.75, 3.05) is 12.4 Å². The fraction of sp³-hybridized carbons (Fsp3) is 0.105. The smallest absolute Gasteiger partial charge is 0.337 e. The average Bonchev–Trinajstić information content (AvgIpc) is 3.02. The van der Waals surface area contributed by atoms with Crippen molar-refractivity contribution in [1.82, 2.24) is 4.98 Å². The van der Waals surface area contributed by atoms with Crippen LogP contribution in [0.4, 0.5) is 9.52 Å². The third-order valence-corrected chi connectivity index (χ3v) is 4.59. The van der Waals surface area contributed by atoms with E-state index >= 15 is 0 Å². The number of aromatic nitrogens is 1. The molecule has 0 radical (unpaired) electrons. The van der Waals surface area contributed by atoms with Gasteiger partial charge in [0.15, 0.2) is 5.13 Å². The Kier molecular flexibility index (Phi) is 5.09. The van der Waals surface area contributed by atoms with Gasteiger partial charge in [-0.2, -0.15) is 0 Å². The van der Waals surface area contributed by atoms with Crippen molar-refractivity contribution in [3.8, 4) is 11.3 Å². The number of carbonyl (C=O) groups excluding carboxylic acids is 2. The molecule has 0 atom stereocenters. The van der Waals surface area contributed by atoms with Gasteiger partial charge in [-0.3, -0.25) is 10.1 Å². The zero-order valence-electron chi connectivity index (χ0n) is 14.1. The molecule has 1 N–H and O–H groups in total. The summed E-state index contributed by atoms with van der Waals surface area (Å²) >= 11 is 1.34. The molecule has 0 aliphatic rings. The fourth-order valence-electron chi connectivity index (χ4n) is 2.37. The second-order valence-electron chi connectivity index (χ2n) is 5.45. The molecule has 0 saturated carbocycles. The van der Waals surface area contributed by atoms with Crippen LogP contribution in [0, 0.1) is 12.7 Å². The van der Waals surface area contributed by atoms with Crippen LogP contribution in [0.3, 0.4) is 0 Å². The summed E-state index contributed by atoms with van der Waals surface area (Å²) < 4.78 is 17.7. The molecule has 5 nitrogen and oxygen atoms in total. The Morgan fingerprint density at radius 3 is 2.27 bits per heavy atom. The lowest BCUT2D eigenvalue weighted by atomic mass is 10.1. The molecule has 0 saturated heterocycles. The number of halogens is 1.